The van der Waals surface area contributed by atoms with Crippen LogP contribution in [0.2, 0.25) is 0 Å². The molecular weight excluding hydrogens is 366 g/mol. The second-order valence-corrected chi connectivity index (χ2v) is 8.16. The standard InChI is InChI=1S/C27H27N3/c1-18-16-17-20-10-6-13-23(26(20)29-18)24-14-7-15-25(30-24)27(28-2)22-12-5-9-19-8-3-4-11-21(19)22/h3-15,18,27-29H,16-17H2,1-2H3. The van der Waals surface area contributed by atoms with Crippen molar-refractivity contribution in [3.63, 3.8) is 0 Å². The van der Waals surface area contributed by atoms with Gasteiger partial charge < -0.3 is 10.6 Å². The van der Waals surface area contributed by atoms with Gasteiger partial charge in [-0.1, -0.05) is 66.7 Å². The van der Waals surface area contributed by atoms with Gasteiger partial charge in [0.15, 0.2) is 0 Å². The Morgan fingerprint density at radius 1 is 0.933 bits per heavy atom. The molecule has 1 aromatic heterocycles. The van der Waals surface area contributed by atoms with Crippen LogP contribution in [-0.2, 0) is 6.42 Å². The van der Waals surface area contributed by atoms with E-state index in [4.69, 9.17) is 4.98 Å². The molecule has 5 rings (SSSR count). The first-order chi connectivity index (χ1) is 14.7. The van der Waals surface area contributed by atoms with Crippen LogP contribution in [0.4, 0.5) is 5.69 Å². The molecule has 4 aromatic rings. The van der Waals surface area contributed by atoms with Gasteiger partial charge in [0.05, 0.1) is 17.4 Å². The number of aryl methyl sites for hydroxylation is 1. The largest absolute Gasteiger partial charge is 0.382 e. The number of nitrogens with zero attached hydrogens (tertiary/aromatic N) is 1. The Bertz CT molecular complexity index is 1190. The maximum atomic E-state index is 5.13. The number of aromatic nitrogens is 1. The highest BCUT2D eigenvalue weighted by Crippen LogP contribution is 2.35. The van der Waals surface area contributed by atoms with Crippen molar-refractivity contribution in [3.8, 4) is 11.3 Å². The maximum absolute atomic E-state index is 5.13. The van der Waals surface area contributed by atoms with Gasteiger partial charge in [-0.2, -0.15) is 0 Å². The summed E-state index contributed by atoms with van der Waals surface area (Å²) in [5.41, 5.74) is 7.12. The Kier molecular flexibility index (Phi) is 4.97. The monoisotopic (exact) mass is 393 g/mol. The Balaban J connectivity index is 1.60. The van der Waals surface area contributed by atoms with E-state index in [0.717, 1.165) is 17.8 Å². The van der Waals surface area contributed by atoms with Gasteiger partial charge >= 0.3 is 0 Å². The van der Waals surface area contributed by atoms with E-state index in [1.54, 1.807) is 0 Å². The minimum Gasteiger partial charge on any atom is -0.382 e. The van der Waals surface area contributed by atoms with Crippen LogP contribution in [0.1, 0.15) is 36.2 Å². The number of fused-ring (bicyclic) bond motifs is 2. The highest BCUT2D eigenvalue weighted by atomic mass is 14.9. The fourth-order valence-electron chi connectivity index (χ4n) is 4.61. The van der Waals surface area contributed by atoms with E-state index in [0.29, 0.717) is 6.04 Å². The molecule has 1 aliphatic rings. The molecule has 0 aliphatic carbocycles. The summed E-state index contributed by atoms with van der Waals surface area (Å²) in [6.45, 7) is 2.25. The lowest BCUT2D eigenvalue weighted by Crippen LogP contribution is -2.22. The highest BCUT2D eigenvalue weighted by molar-refractivity contribution is 5.86. The lowest BCUT2D eigenvalue weighted by molar-refractivity contribution is 0.675. The van der Waals surface area contributed by atoms with E-state index in [-0.39, 0.29) is 6.04 Å². The summed E-state index contributed by atoms with van der Waals surface area (Å²) in [7, 11) is 2.01. The number of hydrogen-bond donors (Lipinski definition) is 2. The first-order valence-corrected chi connectivity index (χ1v) is 10.8. The summed E-state index contributed by atoms with van der Waals surface area (Å²) in [4.78, 5) is 5.13. The zero-order chi connectivity index (χ0) is 20.5. The quantitative estimate of drug-likeness (QED) is 0.449. The summed E-state index contributed by atoms with van der Waals surface area (Å²) >= 11 is 0. The fraction of sp³-hybridized carbons (Fsp3) is 0.222. The Morgan fingerprint density at radius 3 is 2.63 bits per heavy atom. The van der Waals surface area contributed by atoms with Gasteiger partial charge in [-0.25, -0.2) is 0 Å². The molecular formula is C27H27N3. The number of anilines is 1. The van der Waals surface area contributed by atoms with Crippen molar-refractivity contribution in [3.05, 3.63) is 95.7 Å². The average Bonchev–Trinajstić information content (AvgIpc) is 2.79. The smallest absolute Gasteiger partial charge is 0.0755 e. The Morgan fingerprint density at radius 2 is 1.73 bits per heavy atom. The van der Waals surface area contributed by atoms with E-state index < -0.39 is 0 Å². The molecule has 2 unspecified atom stereocenters. The van der Waals surface area contributed by atoms with Crippen LogP contribution in [0.15, 0.2) is 78.9 Å². The highest BCUT2D eigenvalue weighted by Gasteiger charge is 2.20. The molecule has 3 aromatic carbocycles. The Labute approximate surface area is 178 Å². The summed E-state index contributed by atoms with van der Waals surface area (Å²) in [5, 5.41) is 9.70. The zero-order valence-electron chi connectivity index (χ0n) is 17.5. The zero-order valence-corrected chi connectivity index (χ0v) is 17.5. The predicted octanol–water partition coefficient (Wildman–Crippen LogP) is 5.96. The van der Waals surface area contributed by atoms with Crippen LogP contribution in [0, 0.1) is 0 Å². The van der Waals surface area contributed by atoms with Crippen molar-refractivity contribution < 1.29 is 0 Å². The lowest BCUT2D eigenvalue weighted by Gasteiger charge is -2.26. The fourth-order valence-corrected chi connectivity index (χ4v) is 4.61. The molecule has 0 saturated heterocycles. The molecule has 150 valence electrons. The second kappa shape index (κ2) is 7.92. The lowest BCUT2D eigenvalue weighted by atomic mass is 9.93. The van der Waals surface area contributed by atoms with E-state index in [2.05, 4.69) is 96.4 Å². The van der Waals surface area contributed by atoms with Crippen molar-refractivity contribution in [2.75, 3.05) is 12.4 Å². The number of rotatable bonds is 4. The summed E-state index contributed by atoms with van der Waals surface area (Å²) < 4.78 is 0. The third-order valence-corrected chi connectivity index (χ3v) is 6.15. The van der Waals surface area contributed by atoms with E-state index in [1.807, 2.05) is 7.05 Å². The summed E-state index contributed by atoms with van der Waals surface area (Å²) in [6, 6.07) is 28.5. The number of pyridine rings is 1. The normalized spacial score (nSPS) is 16.7. The van der Waals surface area contributed by atoms with Crippen molar-refractivity contribution in [1.29, 1.82) is 0 Å². The molecule has 0 amide bonds. The van der Waals surface area contributed by atoms with Crippen molar-refractivity contribution >= 4 is 16.5 Å². The molecule has 0 spiro atoms. The maximum Gasteiger partial charge on any atom is 0.0755 e. The second-order valence-electron chi connectivity index (χ2n) is 8.16. The average molecular weight is 394 g/mol. The van der Waals surface area contributed by atoms with Gasteiger partial charge in [0.2, 0.25) is 0 Å². The van der Waals surface area contributed by atoms with Gasteiger partial charge in [0.1, 0.15) is 0 Å². The first kappa shape index (κ1) is 18.8. The first-order valence-electron chi connectivity index (χ1n) is 10.8. The molecule has 30 heavy (non-hydrogen) atoms. The number of nitrogens with one attached hydrogen (secondary N) is 2. The summed E-state index contributed by atoms with van der Waals surface area (Å²) in [5.74, 6) is 0. The van der Waals surface area contributed by atoms with Gasteiger partial charge in [-0.15, -0.1) is 0 Å². The van der Waals surface area contributed by atoms with Crippen LogP contribution in [0.25, 0.3) is 22.0 Å². The molecule has 1 aliphatic heterocycles. The van der Waals surface area contributed by atoms with Crippen LogP contribution in [0.3, 0.4) is 0 Å². The van der Waals surface area contributed by atoms with E-state index >= 15 is 0 Å². The van der Waals surface area contributed by atoms with Crippen LogP contribution in [0.5, 0.6) is 0 Å². The number of hydrogen-bond acceptors (Lipinski definition) is 3. The predicted molar refractivity (Wildman–Crippen MR) is 126 cm³/mol. The van der Waals surface area contributed by atoms with Crippen molar-refractivity contribution in [2.45, 2.75) is 31.8 Å². The molecule has 2 N–H and O–H groups in total. The minimum atomic E-state index is 0.0301. The molecule has 2 heterocycles. The van der Waals surface area contributed by atoms with Gasteiger partial charge in [-0.3, -0.25) is 4.98 Å². The van der Waals surface area contributed by atoms with Crippen LogP contribution in [-0.4, -0.2) is 18.1 Å². The van der Waals surface area contributed by atoms with Crippen molar-refractivity contribution in [2.24, 2.45) is 0 Å². The molecule has 0 radical (unpaired) electrons. The Hall–Kier alpha value is -3.17. The number of benzene rings is 3. The van der Waals surface area contributed by atoms with Crippen molar-refractivity contribution in [1.82, 2.24) is 10.3 Å². The molecule has 0 saturated carbocycles. The van der Waals surface area contributed by atoms with Gasteiger partial charge in [0.25, 0.3) is 0 Å². The number of para-hydroxylation sites is 1. The van der Waals surface area contributed by atoms with Gasteiger partial charge in [-0.05, 0) is 60.8 Å². The molecule has 3 nitrogen and oxygen atoms in total. The topological polar surface area (TPSA) is 37.0 Å². The molecule has 2 atom stereocenters. The van der Waals surface area contributed by atoms with Crippen LogP contribution >= 0.6 is 0 Å². The molecule has 0 bridgehead atoms. The third-order valence-electron chi connectivity index (χ3n) is 6.15. The van der Waals surface area contributed by atoms with Crippen LogP contribution < -0.4 is 10.6 Å². The van der Waals surface area contributed by atoms with Gasteiger partial charge in [0, 0.05) is 17.3 Å². The van der Waals surface area contributed by atoms with E-state index in [1.165, 1.54) is 39.6 Å². The molecule has 0 fully saturated rings. The summed E-state index contributed by atoms with van der Waals surface area (Å²) in [6.07, 6.45) is 2.29. The molecule has 3 heteroatoms. The SMILES string of the molecule is CNC(c1cccc(-c2cccc3c2NC(C)CC3)n1)c1cccc2ccccc12. The minimum absolute atomic E-state index is 0.0301. The van der Waals surface area contributed by atoms with E-state index in [9.17, 15) is 0 Å². The third kappa shape index (κ3) is 3.35.